The zero-order valence-corrected chi connectivity index (χ0v) is 12.9. The van der Waals surface area contributed by atoms with Gasteiger partial charge in [-0.15, -0.1) is 0 Å². The summed E-state index contributed by atoms with van der Waals surface area (Å²) >= 11 is 0. The Hall–Kier alpha value is -1.06. The Morgan fingerprint density at radius 2 is 1.85 bits per heavy atom. The second kappa shape index (κ2) is 8.28. The molecule has 0 atom stereocenters. The average molecular weight is 276 g/mol. The highest BCUT2D eigenvalue weighted by atomic mass is 16.5. The molecule has 112 valence electrons. The summed E-state index contributed by atoms with van der Waals surface area (Å²) < 4.78 is 5.60. The third kappa shape index (κ3) is 4.80. The maximum absolute atomic E-state index is 5.60. The van der Waals surface area contributed by atoms with Crippen LogP contribution in [0.15, 0.2) is 24.3 Å². The van der Waals surface area contributed by atoms with Crippen molar-refractivity contribution in [3.05, 3.63) is 29.8 Å². The van der Waals surface area contributed by atoms with Crippen LogP contribution in [0, 0.1) is 0 Å². The van der Waals surface area contributed by atoms with Crippen LogP contribution in [-0.4, -0.2) is 37.2 Å². The topological polar surface area (TPSA) is 24.5 Å². The van der Waals surface area contributed by atoms with Crippen LogP contribution in [-0.2, 0) is 6.54 Å². The highest BCUT2D eigenvalue weighted by molar-refractivity contribution is 5.27. The van der Waals surface area contributed by atoms with Crippen molar-refractivity contribution in [1.82, 2.24) is 10.2 Å². The van der Waals surface area contributed by atoms with Crippen molar-refractivity contribution in [3.8, 4) is 5.75 Å². The summed E-state index contributed by atoms with van der Waals surface area (Å²) in [6.45, 7) is 9.79. The molecule has 2 rings (SSSR count). The minimum Gasteiger partial charge on any atom is -0.494 e. The van der Waals surface area contributed by atoms with Crippen molar-refractivity contribution in [2.75, 3.05) is 26.2 Å². The average Bonchev–Trinajstić information content (AvgIpc) is 2.52. The Kier molecular flexibility index (Phi) is 6.34. The zero-order valence-electron chi connectivity index (χ0n) is 12.9. The lowest BCUT2D eigenvalue weighted by molar-refractivity contribution is 0.206. The van der Waals surface area contributed by atoms with E-state index >= 15 is 0 Å². The maximum Gasteiger partial charge on any atom is 0.119 e. The molecule has 1 aliphatic rings. The van der Waals surface area contributed by atoms with E-state index in [9.17, 15) is 0 Å². The van der Waals surface area contributed by atoms with Gasteiger partial charge in [0.1, 0.15) is 5.75 Å². The van der Waals surface area contributed by atoms with Gasteiger partial charge in [-0.25, -0.2) is 0 Å². The lowest BCUT2D eigenvalue weighted by atomic mass is 10.0. The van der Waals surface area contributed by atoms with Crippen LogP contribution >= 0.6 is 0 Å². The fraction of sp³-hybridized carbons (Fsp3) is 0.647. The first-order valence-electron chi connectivity index (χ1n) is 7.99. The largest absolute Gasteiger partial charge is 0.494 e. The zero-order chi connectivity index (χ0) is 14.2. The summed E-state index contributed by atoms with van der Waals surface area (Å²) in [5, 5.41) is 3.68. The van der Waals surface area contributed by atoms with E-state index in [1.165, 1.54) is 38.0 Å². The first-order chi connectivity index (χ1) is 9.81. The first kappa shape index (κ1) is 15.3. The number of hydrogen-bond donors (Lipinski definition) is 1. The number of hydrogen-bond acceptors (Lipinski definition) is 3. The molecule has 1 aromatic rings. The van der Waals surface area contributed by atoms with Gasteiger partial charge in [-0.1, -0.05) is 26.0 Å². The number of ether oxygens (including phenoxy) is 1. The Balaban J connectivity index is 1.71. The van der Waals surface area contributed by atoms with E-state index in [-0.39, 0.29) is 0 Å². The van der Waals surface area contributed by atoms with Crippen molar-refractivity contribution in [1.29, 1.82) is 0 Å². The van der Waals surface area contributed by atoms with Crippen LogP contribution in [0.1, 0.15) is 38.7 Å². The molecular formula is C17H28N2O. The van der Waals surface area contributed by atoms with Crippen LogP contribution in [0.3, 0.4) is 0 Å². The Morgan fingerprint density at radius 3 is 2.45 bits per heavy atom. The van der Waals surface area contributed by atoms with Gasteiger partial charge >= 0.3 is 0 Å². The van der Waals surface area contributed by atoms with E-state index < -0.39 is 0 Å². The van der Waals surface area contributed by atoms with Gasteiger partial charge in [-0.3, -0.25) is 0 Å². The lowest BCUT2D eigenvalue weighted by Crippen LogP contribution is -2.42. The third-order valence-corrected chi connectivity index (χ3v) is 4.03. The standard InChI is InChI=1S/C17H28N2O/c1-3-13-20-17-7-5-15(6-8-17)14-18-16-9-11-19(4-2)12-10-16/h5-8,16,18H,3-4,9-14H2,1-2H3. The molecule has 3 nitrogen and oxygen atoms in total. The van der Waals surface area contributed by atoms with Crippen LogP contribution in [0.2, 0.25) is 0 Å². The molecule has 1 saturated heterocycles. The third-order valence-electron chi connectivity index (χ3n) is 4.03. The number of nitrogens with zero attached hydrogens (tertiary/aromatic N) is 1. The summed E-state index contributed by atoms with van der Waals surface area (Å²) in [6.07, 6.45) is 3.59. The Labute approximate surface area is 123 Å². The molecule has 3 heteroatoms. The van der Waals surface area contributed by atoms with Gasteiger partial charge < -0.3 is 15.0 Å². The van der Waals surface area contributed by atoms with Gasteiger partial charge in [0.25, 0.3) is 0 Å². The molecule has 0 unspecified atom stereocenters. The fourth-order valence-corrected chi connectivity index (χ4v) is 2.64. The number of likely N-dealkylation sites (tertiary alicyclic amines) is 1. The molecule has 0 aromatic heterocycles. The predicted octanol–water partition coefficient (Wildman–Crippen LogP) is 3.05. The molecule has 0 amide bonds. The smallest absolute Gasteiger partial charge is 0.119 e. The summed E-state index contributed by atoms with van der Waals surface area (Å²) in [7, 11) is 0. The van der Waals surface area contributed by atoms with Crippen LogP contribution < -0.4 is 10.1 Å². The summed E-state index contributed by atoms with van der Waals surface area (Å²) in [4.78, 5) is 2.53. The molecule has 1 fully saturated rings. The molecule has 0 saturated carbocycles. The van der Waals surface area contributed by atoms with Gasteiger partial charge in [-0.05, 0) is 56.6 Å². The summed E-state index contributed by atoms with van der Waals surface area (Å²) in [6, 6.07) is 9.16. The fourth-order valence-electron chi connectivity index (χ4n) is 2.64. The molecule has 0 spiro atoms. The molecule has 20 heavy (non-hydrogen) atoms. The SMILES string of the molecule is CCCOc1ccc(CNC2CCN(CC)CC2)cc1. The van der Waals surface area contributed by atoms with E-state index in [1.807, 2.05) is 0 Å². The molecular weight excluding hydrogens is 248 g/mol. The molecule has 1 N–H and O–H groups in total. The molecule has 1 heterocycles. The minimum absolute atomic E-state index is 0.675. The monoisotopic (exact) mass is 276 g/mol. The van der Waals surface area contributed by atoms with E-state index in [2.05, 4.69) is 48.3 Å². The Bertz CT molecular complexity index is 369. The number of benzene rings is 1. The number of nitrogens with one attached hydrogen (secondary N) is 1. The molecule has 0 bridgehead atoms. The Morgan fingerprint density at radius 1 is 1.15 bits per heavy atom. The van der Waals surface area contributed by atoms with E-state index in [0.717, 1.165) is 25.3 Å². The lowest BCUT2D eigenvalue weighted by Gasteiger charge is -2.31. The number of rotatable bonds is 7. The van der Waals surface area contributed by atoms with Gasteiger partial charge in [-0.2, -0.15) is 0 Å². The van der Waals surface area contributed by atoms with Gasteiger partial charge in [0.05, 0.1) is 6.61 Å². The van der Waals surface area contributed by atoms with Crippen molar-refractivity contribution >= 4 is 0 Å². The van der Waals surface area contributed by atoms with Crippen LogP contribution in [0.25, 0.3) is 0 Å². The van der Waals surface area contributed by atoms with Crippen molar-refractivity contribution in [3.63, 3.8) is 0 Å². The van der Waals surface area contributed by atoms with E-state index in [1.54, 1.807) is 0 Å². The molecule has 1 aliphatic heterocycles. The minimum atomic E-state index is 0.675. The van der Waals surface area contributed by atoms with E-state index in [4.69, 9.17) is 4.74 Å². The predicted molar refractivity (Wildman–Crippen MR) is 84.2 cm³/mol. The summed E-state index contributed by atoms with van der Waals surface area (Å²) in [5.41, 5.74) is 1.34. The van der Waals surface area contributed by atoms with Crippen LogP contribution in [0.4, 0.5) is 0 Å². The van der Waals surface area contributed by atoms with Gasteiger partial charge in [0, 0.05) is 12.6 Å². The second-order valence-corrected chi connectivity index (χ2v) is 5.58. The summed E-state index contributed by atoms with van der Waals surface area (Å²) in [5.74, 6) is 0.979. The highest BCUT2D eigenvalue weighted by Crippen LogP contribution is 2.14. The first-order valence-corrected chi connectivity index (χ1v) is 7.99. The molecule has 1 aromatic carbocycles. The normalized spacial score (nSPS) is 17.3. The quantitative estimate of drug-likeness (QED) is 0.828. The molecule has 0 aliphatic carbocycles. The van der Waals surface area contributed by atoms with Crippen molar-refractivity contribution < 1.29 is 4.74 Å². The van der Waals surface area contributed by atoms with Crippen molar-refractivity contribution in [2.45, 2.75) is 45.7 Å². The maximum atomic E-state index is 5.60. The second-order valence-electron chi connectivity index (χ2n) is 5.58. The van der Waals surface area contributed by atoms with Crippen molar-refractivity contribution in [2.24, 2.45) is 0 Å². The van der Waals surface area contributed by atoms with Crippen LogP contribution in [0.5, 0.6) is 5.75 Å². The highest BCUT2D eigenvalue weighted by Gasteiger charge is 2.17. The molecule has 0 radical (unpaired) electrons. The number of piperidine rings is 1. The van der Waals surface area contributed by atoms with Gasteiger partial charge in [0.15, 0.2) is 0 Å². The van der Waals surface area contributed by atoms with E-state index in [0.29, 0.717) is 6.04 Å². The van der Waals surface area contributed by atoms with Gasteiger partial charge in [0.2, 0.25) is 0 Å².